The third-order valence-electron chi connectivity index (χ3n) is 3.19. The number of ether oxygens (including phenoxy) is 1. The highest BCUT2D eigenvalue weighted by molar-refractivity contribution is 5.88. The summed E-state index contributed by atoms with van der Waals surface area (Å²) in [7, 11) is 3.58. The largest absolute Gasteiger partial charge is 0.466 e. The van der Waals surface area contributed by atoms with Gasteiger partial charge in [0.05, 0.1) is 7.11 Å². The molecule has 2 atom stereocenters. The zero-order valence-electron chi connectivity index (χ0n) is 8.12. The van der Waals surface area contributed by atoms with Gasteiger partial charge in [-0.15, -0.1) is 0 Å². The molecule has 2 aliphatic heterocycles. The average Bonchev–Trinajstić information content (AvgIpc) is 2.42. The van der Waals surface area contributed by atoms with Crippen molar-refractivity contribution in [2.75, 3.05) is 14.2 Å². The standard InChI is InChI=1S/C10H15NO2/c1-11-8-3-4-9(11)6-7(5-8)10(12)13-2/h5,8-9H,3-4,6H2,1-2H3/t8-,9+/m0/s1. The number of rotatable bonds is 1. The van der Waals surface area contributed by atoms with E-state index in [0.717, 1.165) is 12.0 Å². The summed E-state index contributed by atoms with van der Waals surface area (Å²) in [6, 6.07) is 1.02. The summed E-state index contributed by atoms with van der Waals surface area (Å²) >= 11 is 0. The van der Waals surface area contributed by atoms with Crippen LogP contribution >= 0.6 is 0 Å². The van der Waals surface area contributed by atoms with Crippen molar-refractivity contribution >= 4 is 5.97 Å². The molecule has 0 unspecified atom stereocenters. The highest BCUT2D eigenvalue weighted by Gasteiger charge is 2.35. The number of carbonyl (C=O) groups is 1. The number of hydrogen-bond donors (Lipinski definition) is 0. The van der Waals surface area contributed by atoms with E-state index >= 15 is 0 Å². The summed E-state index contributed by atoms with van der Waals surface area (Å²) in [6.07, 6.45) is 5.31. The molecule has 0 aromatic heterocycles. The number of esters is 1. The Balaban J connectivity index is 2.17. The molecule has 0 N–H and O–H groups in total. The molecular weight excluding hydrogens is 166 g/mol. The topological polar surface area (TPSA) is 29.5 Å². The lowest BCUT2D eigenvalue weighted by atomic mass is 10.0. The van der Waals surface area contributed by atoms with Gasteiger partial charge in [0.1, 0.15) is 0 Å². The predicted octanol–water partition coefficient (Wildman–Crippen LogP) is 0.952. The first-order chi connectivity index (χ1) is 6.22. The van der Waals surface area contributed by atoms with Gasteiger partial charge in [-0.1, -0.05) is 6.08 Å². The highest BCUT2D eigenvalue weighted by Crippen LogP contribution is 2.33. The van der Waals surface area contributed by atoms with E-state index in [1.54, 1.807) is 0 Å². The molecule has 0 aliphatic carbocycles. The van der Waals surface area contributed by atoms with Crippen LogP contribution in [0.25, 0.3) is 0 Å². The van der Waals surface area contributed by atoms with Crippen LogP contribution in [0, 0.1) is 0 Å². The van der Waals surface area contributed by atoms with Crippen LogP contribution in [-0.4, -0.2) is 37.1 Å². The number of nitrogens with zero attached hydrogens (tertiary/aromatic N) is 1. The fraction of sp³-hybridized carbons (Fsp3) is 0.700. The first-order valence-corrected chi connectivity index (χ1v) is 4.73. The lowest BCUT2D eigenvalue weighted by Crippen LogP contribution is -2.36. The molecule has 72 valence electrons. The van der Waals surface area contributed by atoms with Gasteiger partial charge in [0.25, 0.3) is 0 Å². The van der Waals surface area contributed by atoms with Crippen LogP contribution in [0.4, 0.5) is 0 Å². The van der Waals surface area contributed by atoms with Gasteiger partial charge in [-0.25, -0.2) is 4.79 Å². The minimum atomic E-state index is -0.148. The van der Waals surface area contributed by atoms with Crippen molar-refractivity contribution < 1.29 is 9.53 Å². The molecule has 0 amide bonds. The number of fused-ring (bicyclic) bond motifs is 2. The Morgan fingerprint density at radius 1 is 1.62 bits per heavy atom. The third-order valence-corrected chi connectivity index (χ3v) is 3.19. The van der Waals surface area contributed by atoms with Crippen LogP contribution < -0.4 is 0 Å². The molecule has 13 heavy (non-hydrogen) atoms. The highest BCUT2D eigenvalue weighted by atomic mass is 16.5. The van der Waals surface area contributed by atoms with E-state index in [4.69, 9.17) is 4.74 Å². The molecule has 0 radical (unpaired) electrons. The predicted molar refractivity (Wildman–Crippen MR) is 49.3 cm³/mol. The SMILES string of the molecule is COC(=O)C1=C[C@@H]2CC[C@H](C1)N2C. The molecule has 0 spiro atoms. The number of carbonyl (C=O) groups excluding carboxylic acids is 1. The first kappa shape index (κ1) is 8.75. The Bertz CT molecular complexity index is 260. The lowest BCUT2D eigenvalue weighted by Gasteiger charge is -2.29. The van der Waals surface area contributed by atoms with Crippen LogP contribution in [0.2, 0.25) is 0 Å². The fourth-order valence-corrected chi connectivity index (χ4v) is 2.32. The maximum Gasteiger partial charge on any atom is 0.333 e. The second-order valence-corrected chi connectivity index (χ2v) is 3.85. The normalized spacial score (nSPS) is 32.9. The van der Waals surface area contributed by atoms with E-state index < -0.39 is 0 Å². The summed E-state index contributed by atoms with van der Waals surface area (Å²) in [4.78, 5) is 13.6. The Morgan fingerprint density at radius 3 is 3.00 bits per heavy atom. The number of likely N-dealkylation sites (N-methyl/N-ethyl adjacent to an activating group) is 1. The van der Waals surface area contributed by atoms with Gasteiger partial charge in [0.15, 0.2) is 0 Å². The molecule has 3 heteroatoms. The summed E-state index contributed by atoms with van der Waals surface area (Å²) in [6.45, 7) is 0. The summed E-state index contributed by atoms with van der Waals surface area (Å²) < 4.78 is 4.72. The van der Waals surface area contributed by atoms with E-state index in [9.17, 15) is 4.79 Å². The number of methoxy groups -OCH3 is 1. The zero-order valence-corrected chi connectivity index (χ0v) is 8.12. The van der Waals surface area contributed by atoms with Crippen molar-refractivity contribution in [3.8, 4) is 0 Å². The van der Waals surface area contributed by atoms with Gasteiger partial charge in [-0.3, -0.25) is 4.90 Å². The smallest absolute Gasteiger partial charge is 0.333 e. The van der Waals surface area contributed by atoms with Crippen LogP contribution in [0.5, 0.6) is 0 Å². The van der Waals surface area contributed by atoms with Gasteiger partial charge in [0.2, 0.25) is 0 Å². The van der Waals surface area contributed by atoms with E-state index in [2.05, 4.69) is 18.0 Å². The van der Waals surface area contributed by atoms with Crippen LogP contribution in [0.3, 0.4) is 0 Å². The van der Waals surface area contributed by atoms with Crippen molar-refractivity contribution in [2.45, 2.75) is 31.3 Å². The van der Waals surface area contributed by atoms with Gasteiger partial charge in [-0.2, -0.15) is 0 Å². The molecular formula is C10H15NO2. The maximum atomic E-state index is 11.3. The molecule has 0 aromatic rings. The molecule has 2 rings (SSSR count). The van der Waals surface area contributed by atoms with Crippen LogP contribution in [0.1, 0.15) is 19.3 Å². The average molecular weight is 181 g/mol. The monoisotopic (exact) mass is 181 g/mol. The molecule has 0 aromatic carbocycles. The van der Waals surface area contributed by atoms with Crippen LogP contribution in [0.15, 0.2) is 11.6 Å². The van der Waals surface area contributed by atoms with Crippen molar-refractivity contribution in [1.29, 1.82) is 0 Å². The molecule has 2 bridgehead atoms. The van der Waals surface area contributed by atoms with E-state index in [1.807, 2.05) is 0 Å². The molecule has 3 nitrogen and oxygen atoms in total. The molecule has 0 saturated carbocycles. The molecule has 1 fully saturated rings. The lowest BCUT2D eigenvalue weighted by molar-refractivity contribution is -0.136. The zero-order chi connectivity index (χ0) is 9.42. The Labute approximate surface area is 78.4 Å². The second-order valence-electron chi connectivity index (χ2n) is 3.85. The minimum Gasteiger partial charge on any atom is -0.466 e. The molecule has 1 saturated heterocycles. The minimum absolute atomic E-state index is 0.148. The van der Waals surface area contributed by atoms with Gasteiger partial charge in [0, 0.05) is 17.7 Å². The Kier molecular flexibility index (Phi) is 2.12. The van der Waals surface area contributed by atoms with E-state index in [1.165, 1.54) is 20.0 Å². The van der Waals surface area contributed by atoms with Crippen molar-refractivity contribution in [1.82, 2.24) is 4.90 Å². The van der Waals surface area contributed by atoms with Crippen molar-refractivity contribution in [2.24, 2.45) is 0 Å². The summed E-state index contributed by atoms with van der Waals surface area (Å²) in [5.41, 5.74) is 0.869. The van der Waals surface area contributed by atoms with E-state index in [-0.39, 0.29) is 5.97 Å². The molecule has 2 heterocycles. The maximum absolute atomic E-state index is 11.3. The first-order valence-electron chi connectivity index (χ1n) is 4.73. The summed E-state index contributed by atoms with van der Waals surface area (Å²) in [5, 5.41) is 0. The van der Waals surface area contributed by atoms with Crippen molar-refractivity contribution in [3.63, 3.8) is 0 Å². The quantitative estimate of drug-likeness (QED) is 0.564. The van der Waals surface area contributed by atoms with Gasteiger partial charge < -0.3 is 4.74 Å². The third kappa shape index (κ3) is 1.37. The Morgan fingerprint density at radius 2 is 2.38 bits per heavy atom. The number of hydrogen-bond acceptors (Lipinski definition) is 3. The van der Waals surface area contributed by atoms with Crippen LogP contribution in [-0.2, 0) is 9.53 Å². The van der Waals surface area contributed by atoms with Crippen molar-refractivity contribution in [3.05, 3.63) is 11.6 Å². The summed E-state index contributed by atoms with van der Waals surface area (Å²) in [5.74, 6) is -0.148. The fourth-order valence-electron chi connectivity index (χ4n) is 2.32. The van der Waals surface area contributed by atoms with E-state index in [0.29, 0.717) is 12.1 Å². The van der Waals surface area contributed by atoms with Gasteiger partial charge in [-0.05, 0) is 26.3 Å². The van der Waals surface area contributed by atoms with Gasteiger partial charge >= 0.3 is 5.97 Å². The Hall–Kier alpha value is -0.830. The molecule has 2 aliphatic rings. The second kappa shape index (κ2) is 3.14.